The molecule has 0 bridgehead atoms. The van der Waals surface area contributed by atoms with Crippen molar-refractivity contribution in [3.63, 3.8) is 0 Å². The minimum Gasteiger partial charge on any atom is -0.366 e. The molecule has 0 spiro atoms. The topological polar surface area (TPSA) is 0 Å². The van der Waals surface area contributed by atoms with Crippen LogP contribution in [0.4, 0.5) is 0 Å². The first kappa shape index (κ1) is 43.0. The average Bonchev–Trinajstić information content (AvgIpc) is 2.87. The van der Waals surface area contributed by atoms with E-state index >= 15 is 0 Å². The van der Waals surface area contributed by atoms with Crippen LogP contribution in [0.15, 0.2) is 66.4 Å². The summed E-state index contributed by atoms with van der Waals surface area (Å²) in [6, 6.07) is 19.7. The van der Waals surface area contributed by atoms with E-state index in [1.165, 1.54) is 11.1 Å². The van der Waals surface area contributed by atoms with Crippen LogP contribution in [-0.4, -0.2) is 38.2 Å². The summed E-state index contributed by atoms with van der Waals surface area (Å²) in [6.45, 7) is 34.8. The summed E-state index contributed by atoms with van der Waals surface area (Å²) in [6.07, 6.45) is 6.69. The second-order valence-corrected chi connectivity index (χ2v) is 21.5. The molecule has 0 aliphatic rings. The third kappa shape index (κ3) is 19.2. The Morgan fingerprint density at radius 3 is 1.10 bits per heavy atom. The van der Waals surface area contributed by atoms with Crippen LogP contribution in [0.5, 0.6) is 0 Å². The fourth-order valence-corrected chi connectivity index (χ4v) is 12.8. The Morgan fingerprint density at radius 1 is 0.595 bits per heavy atom. The Labute approximate surface area is 275 Å². The first-order valence-corrected chi connectivity index (χ1v) is 19.4. The zero-order valence-electron chi connectivity index (χ0n) is 29.5. The van der Waals surface area contributed by atoms with Crippen molar-refractivity contribution in [2.24, 2.45) is 5.41 Å². The maximum Gasteiger partial charge on any atom is -0.0261 e. The molecule has 0 saturated carbocycles. The largest absolute Gasteiger partial charge is 0.366 e. The van der Waals surface area contributed by atoms with Gasteiger partial charge in [0.05, 0.1) is 0 Å². The summed E-state index contributed by atoms with van der Waals surface area (Å²) in [5, 5.41) is 0. The molecule has 0 amide bonds. The minimum atomic E-state index is 0.0978. The molecule has 0 radical (unpaired) electrons. The summed E-state index contributed by atoms with van der Waals surface area (Å²) in [5.41, 5.74) is 11.9. The van der Waals surface area contributed by atoms with Crippen LogP contribution in [0.3, 0.4) is 0 Å². The van der Waals surface area contributed by atoms with Crippen LogP contribution in [0.1, 0.15) is 115 Å². The smallest absolute Gasteiger partial charge is 0.0261 e. The van der Waals surface area contributed by atoms with Crippen LogP contribution < -0.4 is 0 Å². The Balaban J connectivity index is 0. The maximum absolute atomic E-state index is 6.69. The van der Waals surface area contributed by atoms with E-state index in [2.05, 4.69) is 150 Å². The molecule has 2 rings (SSSR count). The van der Waals surface area contributed by atoms with E-state index in [1.54, 1.807) is 0 Å². The van der Waals surface area contributed by atoms with Gasteiger partial charge in [0.2, 0.25) is 0 Å². The molecule has 0 unspecified atom stereocenters. The molecule has 0 atom stereocenters. The first-order valence-electron chi connectivity index (χ1n) is 15.5. The summed E-state index contributed by atoms with van der Waals surface area (Å²) in [7, 11) is 0.525. The molecule has 0 fully saturated rings. The summed E-state index contributed by atoms with van der Waals surface area (Å²) in [4.78, 5) is 0. The average molecular weight is 695 g/mol. The fraction of sp³-hybridized carbons (Fsp3) is 0.564. The molecule has 2 aromatic rings. The first-order chi connectivity index (χ1) is 19.4. The van der Waals surface area contributed by atoms with Crippen molar-refractivity contribution in [2.45, 2.75) is 138 Å². The number of hydrogen-bond donors (Lipinski definition) is 0. The monoisotopic (exact) mass is 694 g/mol. The quantitative estimate of drug-likeness (QED) is 0.0890. The number of allylic oxidation sites excluding steroid dienone is 1. The Morgan fingerprint density at radius 2 is 0.905 bits per heavy atom. The molecule has 3 heteroatoms. The third-order valence-corrected chi connectivity index (χ3v) is 13.8. The van der Waals surface area contributed by atoms with Gasteiger partial charge in [0.25, 0.3) is 0 Å². The number of hydrogen-bond acceptors (Lipinski definition) is 0. The van der Waals surface area contributed by atoms with Crippen LogP contribution in [0, 0.1) is 17.8 Å². The van der Waals surface area contributed by atoms with Crippen molar-refractivity contribution in [3.8, 4) is 5.92 Å². The van der Waals surface area contributed by atoms with Gasteiger partial charge in [-0.25, -0.2) is 0 Å². The van der Waals surface area contributed by atoms with Gasteiger partial charge in [0.15, 0.2) is 0 Å². The van der Waals surface area contributed by atoms with Crippen molar-refractivity contribution < 1.29 is 17.9 Å². The summed E-state index contributed by atoms with van der Waals surface area (Å²) in [5.74, 6) is 2.28. The SMILES string of the molecule is CC(C)(C)C(=C=[C]=[Rh])c1ccccc1.CC(C)P(C(C)C)C(C)C.CC(C)P(C(C)C)C(C)C.[C-]#Cc1ccccc1. The zero-order valence-corrected chi connectivity index (χ0v) is 32.9. The normalized spacial score (nSPS) is 10.9. The summed E-state index contributed by atoms with van der Waals surface area (Å²) >= 11 is 2.63. The molecule has 237 valence electrons. The number of benzene rings is 2. The van der Waals surface area contributed by atoms with Gasteiger partial charge in [-0.15, -0.1) is 17.7 Å². The third-order valence-electron chi connectivity index (χ3n) is 6.47. The molecule has 42 heavy (non-hydrogen) atoms. The molecule has 0 aliphatic carbocycles. The molecule has 0 N–H and O–H groups in total. The standard InChI is InChI=1S/C13H14.2C9H21P.C8H5.Rh/c1-5-12(13(2,3)4)11-9-7-6-8-10-11;2*1-7(2)10(8(3)4)9(5)6;1-2-8-6-4-3-5-7-8;/h6-10H,2-4H3;2*7-9H,1-6H3;3-7H;/q;;;-1;. The van der Waals surface area contributed by atoms with E-state index < -0.39 is 0 Å². The molecule has 0 heterocycles. The van der Waals surface area contributed by atoms with E-state index in [4.69, 9.17) is 6.42 Å². The number of rotatable bonds is 7. The van der Waals surface area contributed by atoms with Crippen LogP contribution in [0.25, 0.3) is 5.57 Å². The second-order valence-electron chi connectivity index (χ2n) is 13.1. The fourth-order valence-electron chi connectivity index (χ4n) is 5.44. The van der Waals surface area contributed by atoms with E-state index in [0.717, 1.165) is 39.5 Å². The minimum absolute atomic E-state index is 0.0978. The molecular formula is C39H61P2Rh-. The van der Waals surface area contributed by atoms with Crippen molar-refractivity contribution in [1.29, 1.82) is 0 Å². The Bertz CT molecular complexity index is 1010. The Kier molecular flexibility index (Phi) is 23.9. The van der Waals surface area contributed by atoms with Crippen molar-refractivity contribution in [3.05, 3.63) is 83.9 Å². The van der Waals surface area contributed by atoms with Gasteiger partial charge in [0.1, 0.15) is 0 Å². The second kappa shape index (κ2) is 23.3. The van der Waals surface area contributed by atoms with E-state index in [-0.39, 0.29) is 21.3 Å². The van der Waals surface area contributed by atoms with Gasteiger partial charge in [0, 0.05) is 0 Å². The van der Waals surface area contributed by atoms with E-state index in [1.807, 2.05) is 48.5 Å². The van der Waals surface area contributed by atoms with Crippen LogP contribution in [0.2, 0.25) is 0 Å². The predicted molar refractivity (Wildman–Crippen MR) is 195 cm³/mol. The van der Waals surface area contributed by atoms with Gasteiger partial charge in [-0.2, -0.15) is 0 Å². The molecule has 0 nitrogen and oxygen atoms in total. The molecule has 2 aromatic carbocycles. The molecular weight excluding hydrogens is 633 g/mol. The zero-order chi connectivity index (χ0) is 33.0. The molecule has 0 aliphatic heterocycles. The van der Waals surface area contributed by atoms with Crippen molar-refractivity contribution >= 4 is 25.7 Å². The maximum atomic E-state index is 6.69. The van der Waals surface area contributed by atoms with Gasteiger partial charge < -0.3 is 6.42 Å². The van der Waals surface area contributed by atoms with Gasteiger partial charge in [-0.3, -0.25) is 5.92 Å². The Hall–Kier alpha value is -1.09. The summed E-state index contributed by atoms with van der Waals surface area (Å²) < 4.78 is 2.88. The van der Waals surface area contributed by atoms with Gasteiger partial charge in [-0.05, 0) is 34.0 Å². The molecule has 0 saturated heterocycles. The van der Waals surface area contributed by atoms with Crippen LogP contribution >= 0.6 is 15.8 Å². The van der Waals surface area contributed by atoms with Crippen molar-refractivity contribution in [2.75, 3.05) is 0 Å². The van der Waals surface area contributed by atoms with Gasteiger partial charge >= 0.3 is 95.5 Å². The van der Waals surface area contributed by atoms with Crippen LogP contribution in [-0.2, 0) is 17.9 Å². The van der Waals surface area contributed by atoms with Crippen molar-refractivity contribution in [1.82, 2.24) is 0 Å². The van der Waals surface area contributed by atoms with Gasteiger partial charge in [-0.1, -0.05) is 117 Å². The van der Waals surface area contributed by atoms with E-state index in [9.17, 15) is 0 Å². The molecule has 0 aromatic heterocycles. The van der Waals surface area contributed by atoms with E-state index in [0.29, 0.717) is 0 Å². The predicted octanol–water partition coefficient (Wildman–Crippen LogP) is 12.2.